The number of ether oxygens (including phenoxy) is 2. The van der Waals surface area contributed by atoms with Gasteiger partial charge in [0, 0.05) is 37.0 Å². The highest BCUT2D eigenvalue weighted by molar-refractivity contribution is 7.92. The molecule has 1 fully saturated rings. The molecule has 2 amide bonds. The van der Waals surface area contributed by atoms with Crippen molar-refractivity contribution in [1.29, 1.82) is 0 Å². The van der Waals surface area contributed by atoms with E-state index in [1.165, 1.54) is 10.6 Å². The molecule has 3 heterocycles. The van der Waals surface area contributed by atoms with Crippen molar-refractivity contribution in [1.82, 2.24) is 10.2 Å². The lowest BCUT2D eigenvalue weighted by molar-refractivity contribution is -0.135. The third-order valence-electron chi connectivity index (χ3n) is 8.04. The molecule has 3 aliphatic heterocycles. The molecule has 0 aliphatic carbocycles. The van der Waals surface area contributed by atoms with Gasteiger partial charge in [-0.3, -0.25) is 9.10 Å². The second-order valence-electron chi connectivity index (χ2n) is 12.2. The van der Waals surface area contributed by atoms with E-state index in [1.807, 2.05) is 54.6 Å². The standard InChI is InChI=1S/C31H39N3O6S/c1-30(2,3)40-29(36)32-25(20-22-13-18-39-27-12-8-5-9-23(27)19-22)28(35)33-16-14-31(15-17-33)21-34(41(4,37)38)26-11-7-6-10-24(26)31/h5-12,19,25H,13-18,20-21H2,1-4H3,(H,32,36)/t25-/m0/s1. The maximum atomic E-state index is 14.0. The fourth-order valence-corrected chi connectivity index (χ4v) is 7.07. The molecule has 1 saturated heterocycles. The summed E-state index contributed by atoms with van der Waals surface area (Å²) in [4.78, 5) is 28.6. The molecular formula is C31H39N3O6S. The molecule has 0 bridgehead atoms. The number of fused-ring (bicyclic) bond motifs is 3. The summed E-state index contributed by atoms with van der Waals surface area (Å²) in [6.07, 6.45) is 4.87. The van der Waals surface area contributed by atoms with Crippen molar-refractivity contribution in [2.75, 3.05) is 36.8 Å². The summed E-state index contributed by atoms with van der Waals surface area (Å²) in [7, 11) is -3.43. The summed E-state index contributed by atoms with van der Waals surface area (Å²) >= 11 is 0. The van der Waals surface area contributed by atoms with E-state index >= 15 is 0 Å². The van der Waals surface area contributed by atoms with Crippen molar-refractivity contribution in [2.24, 2.45) is 0 Å². The van der Waals surface area contributed by atoms with Gasteiger partial charge >= 0.3 is 6.09 Å². The van der Waals surface area contributed by atoms with Gasteiger partial charge in [0.25, 0.3) is 0 Å². The number of likely N-dealkylation sites (tertiary alicyclic amines) is 1. The van der Waals surface area contributed by atoms with Crippen molar-refractivity contribution in [3.05, 3.63) is 65.2 Å². The predicted molar refractivity (Wildman–Crippen MR) is 158 cm³/mol. The van der Waals surface area contributed by atoms with E-state index in [0.29, 0.717) is 51.9 Å². The van der Waals surface area contributed by atoms with Gasteiger partial charge in [-0.15, -0.1) is 0 Å². The fourth-order valence-electron chi connectivity index (χ4n) is 6.07. The van der Waals surface area contributed by atoms with Crippen LogP contribution in [0.1, 0.15) is 57.6 Å². The van der Waals surface area contributed by atoms with Crippen LogP contribution in [0, 0.1) is 0 Å². The van der Waals surface area contributed by atoms with Crippen molar-refractivity contribution in [3.8, 4) is 5.75 Å². The molecule has 220 valence electrons. The number of nitrogens with zero attached hydrogens (tertiary/aromatic N) is 2. The van der Waals surface area contributed by atoms with E-state index in [2.05, 4.69) is 5.32 Å². The first-order valence-electron chi connectivity index (χ1n) is 14.1. The fraction of sp³-hybridized carbons (Fsp3) is 0.484. The quantitative estimate of drug-likeness (QED) is 0.559. The van der Waals surface area contributed by atoms with Crippen molar-refractivity contribution in [2.45, 2.75) is 63.5 Å². The van der Waals surface area contributed by atoms with Crippen LogP contribution >= 0.6 is 0 Å². The highest BCUT2D eigenvalue weighted by Crippen LogP contribution is 2.47. The Labute approximate surface area is 242 Å². The molecule has 2 aromatic carbocycles. The Kier molecular flexibility index (Phi) is 7.80. The maximum Gasteiger partial charge on any atom is 0.408 e. The number of carbonyl (C=O) groups excluding carboxylic acids is 2. The molecule has 1 spiro atoms. The van der Waals surface area contributed by atoms with Crippen molar-refractivity contribution < 1.29 is 27.5 Å². The van der Waals surface area contributed by atoms with Crippen LogP contribution in [0.25, 0.3) is 6.08 Å². The minimum absolute atomic E-state index is 0.170. The number of para-hydroxylation sites is 2. The average molecular weight is 582 g/mol. The average Bonchev–Trinajstić information content (AvgIpc) is 3.08. The van der Waals surface area contributed by atoms with Gasteiger partial charge in [-0.2, -0.15) is 0 Å². The number of rotatable bonds is 5. The summed E-state index contributed by atoms with van der Waals surface area (Å²) in [5.74, 6) is 0.628. The first kappa shape index (κ1) is 29.0. The zero-order valence-corrected chi connectivity index (χ0v) is 25.0. The molecule has 0 saturated carbocycles. The molecule has 41 heavy (non-hydrogen) atoms. The normalized spacial score (nSPS) is 18.9. The molecule has 0 aromatic heterocycles. The summed E-state index contributed by atoms with van der Waals surface area (Å²) in [6, 6.07) is 14.6. The third-order valence-corrected chi connectivity index (χ3v) is 9.16. The molecule has 0 radical (unpaired) electrons. The minimum Gasteiger partial charge on any atom is -0.493 e. The molecule has 2 aromatic rings. The van der Waals surface area contributed by atoms with Crippen LogP contribution in [0.3, 0.4) is 0 Å². The molecule has 0 unspecified atom stereocenters. The first-order valence-corrected chi connectivity index (χ1v) is 16.0. The molecule has 3 aliphatic rings. The molecule has 5 rings (SSSR count). The largest absolute Gasteiger partial charge is 0.493 e. The Hall–Kier alpha value is -3.53. The smallest absolute Gasteiger partial charge is 0.408 e. The Balaban J connectivity index is 1.35. The van der Waals surface area contributed by atoms with E-state index in [0.717, 1.165) is 28.1 Å². The van der Waals surface area contributed by atoms with Crippen LogP contribution in [0.4, 0.5) is 10.5 Å². The van der Waals surface area contributed by atoms with Gasteiger partial charge in [0.15, 0.2) is 0 Å². The van der Waals surface area contributed by atoms with Gasteiger partial charge in [0.2, 0.25) is 15.9 Å². The summed E-state index contributed by atoms with van der Waals surface area (Å²) < 4.78 is 38.0. The van der Waals surface area contributed by atoms with Crippen LogP contribution in [0.5, 0.6) is 5.75 Å². The van der Waals surface area contributed by atoms with Crippen LogP contribution in [-0.4, -0.2) is 69.5 Å². The van der Waals surface area contributed by atoms with E-state index in [4.69, 9.17) is 9.47 Å². The highest BCUT2D eigenvalue weighted by Gasteiger charge is 2.48. The minimum atomic E-state index is -3.43. The van der Waals surface area contributed by atoms with Gasteiger partial charge in [-0.25, -0.2) is 13.2 Å². The number of alkyl carbamates (subject to hydrolysis) is 1. The molecule has 1 atom stereocenters. The topological polar surface area (TPSA) is 105 Å². The Morgan fingerprint density at radius 3 is 2.46 bits per heavy atom. The monoisotopic (exact) mass is 581 g/mol. The van der Waals surface area contributed by atoms with Crippen LogP contribution in [0.2, 0.25) is 0 Å². The zero-order chi connectivity index (χ0) is 29.4. The highest BCUT2D eigenvalue weighted by atomic mass is 32.2. The Morgan fingerprint density at radius 2 is 1.76 bits per heavy atom. The summed E-state index contributed by atoms with van der Waals surface area (Å²) in [5, 5.41) is 2.84. The first-order chi connectivity index (χ1) is 19.3. The SMILES string of the molecule is CC(C)(C)OC(=O)N[C@@H](CC1=Cc2ccccc2OCC1)C(=O)N1CCC2(CC1)CN(S(C)(=O)=O)c1ccccc12. The number of nitrogens with one attached hydrogen (secondary N) is 1. The second kappa shape index (κ2) is 11.0. The van der Waals surface area contributed by atoms with E-state index in [-0.39, 0.29) is 11.3 Å². The Morgan fingerprint density at radius 1 is 1.07 bits per heavy atom. The lowest BCUT2D eigenvalue weighted by Crippen LogP contribution is -2.54. The van der Waals surface area contributed by atoms with Crippen molar-refractivity contribution >= 4 is 33.8 Å². The van der Waals surface area contributed by atoms with Crippen LogP contribution < -0.4 is 14.4 Å². The number of amides is 2. The number of carbonyl (C=O) groups is 2. The lowest BCUT2D eigenvalue weighted by atomic mass is 9.74. The maximum absolute atomic E-state index is 14.0. The third kappa shape index (κ3) is 6.37. The van der Waals surface area contributed by atoms with Gasteiger partial charge in [-0.05, 0) is 57.7 Å². The number of hydrogen-bond acceptors (Lipinski definition) is 6. The van der Waals surface area contributed by atoms with E-state index in [9.17, 15) is 18.0 Å². The zero-order valence-electron chi connectivity index (χ0n) is 24.2. The van der Waals surface area contributed by atoms with Crippen molar-refractivity contribution in [3.63, 3.8) is 0 Å². The van der Waals surface area contributed by atoms with Crippen LogP contribution in [0.15, 0.2) is 54.1 Å². The van der Waals surface area contributed by atoms with Gasteiger partial charge in [0.1, 0.15) is 17.4 Å². The molecule has 9 nitrogen and oxygen atoms in total. The molecule has 10 heteroatoms. The number of benzene rings is 2. The predicted octanol–water partition coefficient (Wildman–Crippen LogP) is 4.48. The molecule has 1 N–H and O–H groups in total. The van der Waals surface area contributed by atoms with Crippen LogP contribution in [-0.2, 0) is 25.0 Å². The van der Waals surface area contributed by atoms with Gasteiger partial charge in [-0.1, -0.05) is 48.0 Å². The lowest BCUT2D eigenvalue weighted by Gasteiger charge is -2.41. The Bertz CT molecular complexity index is 1450. The number of sulfonamides is 1. The van der Waals surface area contributed by atoms with E-state index in [1.54, 1.807) is 25.7 Å². The van der Waals surface area contributed by atoms with Gasteiger partial charge < -0.3 is 19.7 Å². The summed E-state index contributed by atoms with van der Waals surface area (Å²) in [6.45, 7) is 7.14. The number of hydrogen-bond donors (Lipinski definition) is 1. The number of anilines is 1. The van der Waals surface area contributed by atoms with E-state index < -0.39 is 27.8 Å². The second-order valence-corrected chi connectivity index (χ2v) is 14.1. The molecular weight excluding hydrogens is 542 g/mol. The summed E-state index contributed by atoms with van der Waals surface area (Å²) in [5.41, 5.74) is 2.63. The van der Waals surface area contributed by atoms with Gasteiger partial charge in [0.05, 0.1) is 18.6 Å². The number of piperidine rings is 1.